The second kappa shape index (κ2) is 10.8. The number of nitrogens with zero attached hydrogens (tertiary/aromatic N) is 2. The van der Waals surface area contributed by atoms with Crippen LogP contribution in [0.2, 0.25) is 0 Å². The molecule has 1 saturated heterocycles. The molecule has 3 heterocycles. The molecule has 7 aromatic rings. The van der Waals surface area contributed by atoms with E-state index in [0.29, 0.717) is 5.82 Å². The van der Waals surface area contributed by atoms with Crippen molar-refractivity contribution >= 4 is 34.5 Å². The first-order chi connectivity index (χ1) is 22.3. The summed E-state index contributed by atoms with van der Waals surface area (Å²) in [7, 11) is -0.610. The fourth-order valence-corrected chi connectivity index (χ4v) is 6.17. The number of furan rings is 1. The molecule has 2 aromatic heterocycles. The fourth-order valence-electron chi connectivity index (χ4n) is 6.17. The van der Waals surface area contributed by atoms with Crippen LogP contribution >= 0.6 is 0 Å². The highest BCUT2D eigenvalue weighted by molar-refractivity contribution is 6.67. The SMILES string of the molecule is CC1(C)OB(c2c(-c3cccc(-c4cc(-c5ccccc5)nc(-c5ccccc5)n4)c3)ccc3c2oc2ccccc23)OC1(C)C. The number of fused-ring (bicyclic) bond motifs is 3. The Labute approximate surface area is 269 Å². The number of aromatic nitrogens is 2. The zero-order valence-electron chi connectivity index (χ0n) is 26.3. The van der Waals surface area contributed by atoms with Gasteiger partial charge in [-0.3, -0.25) is 0 Å². The van der Waals surface area contributed by atoms with Gasteiger partial charge in [-0.25, -0.2) is 9.97 Å². The third-order valence-corrected chi connectivity index (χ3v) is 9.37. The summed E-state index contributed by atoms with van der Waals surface area (Å²) in [5.74, 6) is 0.684. The third kappa shape index (κ3) is 4.82. The molecule has 8 rings (SSSR count). The molecule has 1 fully saturated rings. The van der Waals surface area contributed by atoms with Crippen molar-refractivity contribution in [2.24, 2.45) is 0 Å². The van der Waals surface area contributed by atoms with Crippen LogP contribution in [0.4, 0.5) is 0 Å². The molecule has 0 atom stereocenters. The zero-order valence-corrected chi connectivity index (χ0v) is 26.3. The molecule has 0 spiro atoms. The van der Waals surface area contributed by atoms with Crippen molar-refractivity contribution in [1.29, 1.82) is 0 Å². The smallest absolute Gasteiger partial charge is 0.456 e. The maximum Gasteiger partial charge on any atom is 0.499 e. The van der Waals surface area contributed by atoms with Gasteiger partial charge < -0.3 is 13.7 Å². The van der Waals surface area contributed by atoms with Crippen LogP contribution < -0.4 is 5.46 Å². The minimum Gasteiger partial charge on any atom is -0.456 e. The first-order valence-corrected chi connectivity index (χ1v) is 15.7. The van der Waals surface area contributed by atoms with Crippen LogP contribution in [-0.2, 0) is 9.31 Å². The average Bonchev–Trinajstić information content (AvgIpc) is 3.57. The largest absolute Gasteiger partial charge is 0.499 e. The highest BCUT2D eigenvalue weighted by atomic mass is 16.7. The molecule has 224 valence electrons. The van der Waals surface area contributed by atoms with Gasteiger partial charge in [-0.2, -0.15) is 0 Å². The highest BCUT2D eigenvalue weighted by Crippen LogP contribution is 2.40. The zero-order chi connectivity index (χ0) is 31.5. The standard InChI is InChI=1S/C40H33BN2O3/c1-39(2)40(3,4)46-41(45-39)36-30(22-23-32-31-20-11-12-21-35(31)44-37(32)36)28-18-13-19-29(24-28)34-25-33(26-14-7-5-8-15-26)42-38(43-34)27-16-9-6-10-17-27/h5-25H,1-4H3. The second-order valence-electron chi connectivity index (χ2n) is 12.9. The summed E-state index contributed by atoms with van der Waals surface area (Å²) >= 11 is 0. The topological polar surface area (TPSA) is 57.4 Å². The van der Waals surface area contributed by atoms with Gasteiger partial charge in [0.2, 0.25) is 0 Å². The third-order valence-electron chi connectivity index (χ3n) is 9.37. The summed E-state index contributed by atoms with van der Waals surface area (Å²) < 4.78 is 19.9. The Morgan fingerprint density at radius 1 is 0.522 bits per heavy atom. The van der Waals surface area contributed by atoms with Crippen LogP contribution in [0, 0.1) is 0 Å². The number of hydrogen-bond acceptors (Lipinski definition) is 5. The van der Waals surface area contributed by atoms with Gasteiger partial charge in [0.25, 0.3) is 0 Å². The normalized spacial score (nSPS) is 15.5. The molecule has 0 radical (unpaired) electrons. The minimum absolute atomic E-state index is 0.506. The van der Waals surface area contributed by atoms with E-state index in [4.69, 9.17) is 23.7 Å². The number of para-hydroxylation sites is 1. The fraction of sp³-hybridized carbons (Fsp3) is 0.150. The first-order valence-electron chi connectivity index (χ1n) is 15.7. The van der Waals surface area contributed by atoms with Crippen molar-refractivity contribution < 1.29 is 13.7 Å². The molecule has 0 aliphatic carbocycles. The summed E-state index contributed by atoms with van der Waals surface area (Å²) in [6.45, 7) is 8.32. The lowest BCUT2D eigenvalue weighted by molar-refractivity contribution is 0.00578. The quantitative estimate of drug-likeness (QED) is 0.184. The van der Waals surface area contributed by atoms with E-state index < -0.39 is 18.3 Å². The van der Waals surface area contributed by atoms with Crippen molar-refractivity contribution in [2.75, 3.05) is 0 Å². The lowest BCUT2D eigenvalue weighted by Crippen LogP contribution is -2.41. The molecule has 0 unspecified atom stereocenters. The van der Waals surface area contributed by atoms with Crippen molar-refractivity contribution in [3.63, 3.8) is 0 Å². The Morgan fingerprint density at radius 2 is 1.11 bits per heavy atom. The Kier molecular flexibility index (Phi) is 6.68. The molecule has 6 heteroatoms. The molecule has 0 amide bonds. The van der Waals surface area contributed by atoms with E-state index in [1.807, 2.05) is 66.7 Å². The van der Waals surface area contributed by atoms with E-state index in [-0.39, 0.29) is 0 Å². The molecule has 1 aliphatic heterocycles. The molecule has 0 N–H and O–H groups in total. The van der Waals surface area contributed by atoms with Crippen LogP contribution in [-0.4, -0.2) is 28.3 Å². The average molecular weight is 601 g/mol. The van der Waals surface area contributed by atoms with Gasteiger partial charge in [0.15, 0.2) is 5.82 Å². The van der Waals surface area contributed by atoms with Gasteiger partial charge >= 0.3 is 7.12 Å². The molecule has 0 saturated carbocycles. The lowest BCUT2D eigenvalue weighted by Gasteiger charge is -2.32. The maximum absolute atomic E-state index is 6.66. The molecule has 0 bridgehead atoms. The molecular formula is C40H33BN2O3. The summed E-state index contributed by atoms with van der Waals surface area (Å²) in [4.78, 5) is 10.0. The van der Waals surface area contributed by atoms with Crippen LogP contribution in [0.15, 0.2) is 132 Å². The summed E-state index contributed by atoms with van der Waals surface area (Å²) in [5, 5.41) is 2.11. The van der Waals surface area contributed by atoms with Crippen LogP contribution in [0.3, 0.4) is 0 Å². The second-order valence-corrected chi connectivity index (χ2v) is 12.9. The molecular weight excluding hydrogens is 567 g/mol. The Bertz CT molecular complexity index is 2150. The van der Waals surface area contributed by atoms with Crippen molar-refractivity contribution in [3.05, 3.63) is 127 Å². The van der Waals surface area contributed by atoms with E-state index in [2.05, 4.69) is 88.4 Å². The monoisotopic (exact) mass is 600 g/mol. The van der Waals surface area contributed by atoms with Gasteiger partial charge in [-0.1, -0.05) is 103 Å². The molecule has 5 aromatic carbocycles. The van der Waals surface area contributed by atoms with E-state index in [1.165, 1.54) is 0 Å². The Balaban J connectivity index is 1.31. The van der Waals surface area contributed by atoms with Crippen LogP contribution in [0.5, 0.6) is 0 Å². The van der Waals surface area contributed by atoms with E-state index >= 15 is 0 Å². The molecule has 5 nitrogen and oxygen atoms in total. The first kappa shape index (κ1) is 28.4. The van der Waals surface area contributed by atoms with Crippen molar-refractivity contribution in [2.45, 2.75) is 38.9 Å². The van der Waals surface area contributed by atoms with Crippen molar-refractivity contribution in [1.82, 2.24) is 9.97 Å². The lowest BCUT2D eigenvalue weighted by atomic mass is 9.73. The molecule has 46 heavy (non-hydrogen) atoms. The van der Waals surface area contributed by atoms with Crippen LogP contribution in [0.1, 0.15) is 27.7 Å². The van der Waals surface area contributed by atoms with Gasteiger partial charge in [0, 0.05) is 32.9 Å². The van der Waals surface area contributed by atoms with Gasteiger partial charge in [0.1, 0.15) is 11.2 Å². The number of hydrogen-bond donors (Lipinski definition) is 0. The Hall–Kier alpha value is -5.04. The predicted octanol–water partition coefficient (Wildman–Crippen LogP) is 9.34. The van der Waals surface area contributed by atoms with E-state index in [9.17, 15) is 0 Å². The number of benzene rings is 5. The highest BCUT2D eigenvalue weighted by Gasteiger charge is 2.53. The Morgan fingerprint density at radius 3 is 1.83 bits per heavy atom. The van der Waals surface area contributed by atoms with E-state index in [0.717, 1.165) is 66.6 Å². The van der Waals surface area contributed by atoms with Crippen molar-refractivity contribution in [3.8, 4) is 45.0 Å². The minimum atomic E-state index is -0.610. The summed E-state index contributed by atoms with van der Waals surface area (Å²) in [6, 6.07) is 43.4. The van der Waals surface area contributed by atoms with E-state index in [1.54, 1.807) is 0 Å². The maximum atomic E-state index is 6.66. The summed E-state index contributed by atoms with van der Waals surface area (Å²) in [6.07, 6.45) is 0. The van der Waals surface area contributed by atoms with Gasteiger partial charge in [-0.15, -0.1) is 0 Å². The summed E-state index contributed by atoms with van der Waals surface area (Å²) in [5.41, 5.74) is 8.22. The van der Waals surface area contributed by atoms with Gasteiger partial charge in [-0.05, 0) is 63.1 Å². The predicted molar refractivity (Wildman–Crippen MR) is 187 cm³/mol. The molecule has 1 aliphatic rings. The van der Waals surface area contributed by atoms with Crippen LogP contribution in [0.25, 0.3) is 67.0 Å². The number of rotatable bonds is 5. The van der Waals surface area contributed by atoms with Gasteiger partial charge in [0.05, 0.1) is 22.6 Å².